The quantitative estimate of drug-likeness (QED) is 0.766. The Kier molecular flexibility index (Phi) is 6.37. The summed E-state index contributed by atoms with van der Waals surface area (Å²) in [6, 6.07) is 0.327. The SMILES string of the molecule is O=C(NCC1(O)CCCCC1)[C@H]1CCC(=O)N(C2CCCCCC2)C1. The Hall–Kier alpha value is -1.10. The minimum Gasteiger partial charge on any atom is -0.388 e. The number of rotatable bonds is 4. The minimum atomic E-state index is -0.723. The highest BCUT2D eigenvalue weighted by Crippen LogP contribution is 2.29. The Labute approximate surface area is 151 Å². The maximum atomic E-state index is 12.6. The van der Waals surface area contributed by atoms with E-state index < -0.39 is 5.60 Å². The van der Waals surface area contributed by atoms with E-state index in [1.807, 2.05) is 4.90 Å². The molecule has 0 unspecified atom stereocenters. The topological polar surface area (TPSA) is 69.6 Å². The van der Waals surface area contributed by atoms with Gasteiger partial charge in [0.15, 0.2) is 0 Å². The Morgan fingerprint density at radius 2 is 1.68 bits per heavy atom. The van der Waals surface area contributed by atoms with Crippen molar-refractivity contribution in [2.45, 2.75) is 95.1 Å². The van der Waals surface area contributed by atoms with E-state index in [2.05, 4.69) is 5.32 Å². The standard InChI is InChI=1S/C20H34N2O3/c23-18-11-10-16(14-22(18)17-8-4-1-2-5-9-17)19(24)21-15-20(25)12-6-3-7-13-20/h16-17,25H,1-15H2,(H,21,24)/t16-/m0/s1. The van der Waals surface area contributed by atoms with Crippen molar-refractivity contribution < 1.29 is 14.7 Å². The molecule has 0 spiro atoms. The fraction of sp³-hybridized carbons (Fsp3) is 0.900. The monoisotopic (exact) mass is 350 g/mol. The van der Waals surface area contributed by atoms with Crippen molar-refractivity contribution in [2.24, 2.45) is 5.92 Å². The summed E-state index contributed by atoms with van der Waals surface area (Å²) in [5.41, 5.74) is -0.723. The van der Waals surface area contributed by atoms with Crippen LogP contribution in [0.1, 0.15) is 83.5 Å². The summed E-state index contributed by atoms with van der Waals surface area (Å²) in [6.45, 7) is 0.924. The zero-order valence-electron chi connectivity index (χ0n) is 15.5. The lowest BCUT2D eigenvalue weighted by Crippen LogP contribution is -2.52. The summed E-state index contributed by atoms with van der Waals surface area (Å²) in [7, 11) is 0. The molecule has 1 atom stereocenters. The number of amides is 2. The van der Waals surface area contributed by atoms with Gasteiger partial charge in [0.2, 0.25) is 11.8 Å². The molecule has 0 bridgehead atoms. The average Bonchev–Trinajstić information content (AvgIpc) is 2.90. The van der Waals surface area contributed by atoms with Gasteiger partial charge in [-0.2, -0.15) is 0 Å². The van der Waals surface area contributed by atoms with Gasteiger partial charge in [0.1, 0.15) is 0 Å². The number of carbonyl (C=O) groups is 2. The summed E-state index contributed by atoms with van der Waals surface area (Å²) < 4.78 is 0. The number of likely N-dealkylation sites (tertiary alicyclic amines) is 1. The molecule has 3 fully saturated rings. The highest BCUT2D eigenvalue weighted by atomic mass is 16.3. The van der Waals surface area contributed by atoms with Crippen molar-refractivity contribution in [1.82, 2.24) is 10.2 Å². The first-order valence-corrected chi connectivity index (χ1v) is 10.4. The smallest absolute Gasteiger partial charge is 0.225 e. The molecule has 3 rings (SSSR count). The molecule has 25 heavy (non-hydrogen) atoms. The maximum absolute atomic E-state index is 12.6. The first-order valence-electron chi connectivity index (χ1n) is 10.4. The molecule has 142 valence electrons. The van der Waals surface area contributed by atoms with E-state index in [9.17, 15) is 14.7 Å². The maximum Gasteiger partial charge on any atom is 0.225 e. The largest absolute Gasteiger partial charge is 0.388 e. The van der Waals surface area contributed by atoms with Gasteiger partial charge in [0.05, 0.1) is 11.5 Å². The lowest BCUT2D eigenvalue weighted by molar-refractivity contribution is -0.141. The van der Waals surface area contributed by atoms with Gasteiger partial charge < -0.3 is 15.3 Å². The van der Waals surface area contributed by atoms with Crippen molar-refractivity contribution in [3.63, 3.8) is 0 Å². The number of aliphatic hydroxyl groups is 1. The van der Waals surface area contributed by atoms with Crippen LogP contribution in [0.25, 0.3) is 0 Å². The van der Waals surface area contributed by atoms with Crippen LogP contribution in [0.2, 0.25) is 0 Å². The van der Waals surface area contributed by atoms with Gasteiger partial charge in [-0.1, -0.05) is 44.9 Å². The van der Waals surface area contributed by atoms with Crippen LogP contribution >= 0.6 is 0 Å². The fourth-order valence-electron chi connectivity index (χ4n) is 4.79. The summed E-state index contributed by atoms with van der Waals surface area (Å²) in [6.07, 6.45) is 13.0. The molecule has 0 radical (unpaired) electrons. The molecular formula is C20H34N2O3. The van der Waals surface area contributed by atoms with Crippen LogP contribution in [-0.4, -0.2) is 46.6 Å². The van der Waals surface area contributed by atoms with E-state index in [1.165, 1.54) is 32.1 Å². The van der Waals surface area contributed by atoms with Crippen molar-refractivity contribution >= 4 is 11.8 Å². The Morgan fingerprint density at radius 3 is 2.36 bits per heavy atom. The van der Waals surface area contributed by atoms with Crippen molar-refractivity contribution in [3.05, 3.63) is 0 Å². The molecule has 5 nitrogen and oxygen atoms in total. The third-order valence-electron chi connectivity index (χ3n) is 6.46. The molecule has 0 aromatic rings. The molecule has 3 aliphatic rings. The molecule has 5 heteroatoms. The van der Waals surface area contributed by atoms with Crippen molar-refractivity contribution in [2.75, 3.05) is 13.1 Å². The van der Waals surface area contributed by atoms with Gasteiger partial charge >= 0.3 is 0 Å². The highest BCUT2D eigenvalue weighted by Gasteiger charge is 2.35. The minimum absolute atomic E-state index is 0.0186. The summed E-state index contributed by atoms with van der Waals surface area (Å²) >= 11 is 0. The molecule has 2 amide bonds. The molecular weight excluding hydrogens is 316 g/mol. The molecule has 0 aromatic heterocycles. The average molecular weight is 351 g/mol. The van der Waals surface area contributed by atoms with Crippen LogP contribution in [0.5, 0.6) is 0 Å². The number of carbonyl (C=O) groups excluding carboxylic acids is 2. The number of nitrogens with zero attached hydrogens (tertiary/aromatic N) is 1. The van der Waals surface area contributed by atoms with Crippen LogP contribution in [0.4, 0.5) is 0 Å². The molecule has 1 saturated heterocycles. The first-order chi connectivity index (χ1) is 12.1. The molecule has 1 heterocycles. The Bertz CT molecular complexity index is 466. The zero-order valence-corrected chi connectivity index (χ0v) is 15.5. The molecule has 2 aliphatic carbocycles. The Balaban J connectivity index is 1.52. The van der Waals surface area contributed by atoms with Gasteiger partial charge in [-0.15, -0.1) is 0 Å². The molecule has 2 saturated carbocycles. The van der Waals surface area contributed by atoms with Gasteiger partial charge in [-0.25, -0.2) is 0 Å². The van der Waals surface area contributed by atoms with E-state index in [0.29, 0.717) is 32.0 Å². The van der Waals surface area contributed by atoms with Gasteiger partial charge in [-0.3, -0.25) is 9.59 Å². The fourth-order valence-corrected chi connectivity index (χ4v) is 4.79. The normalized spacial score (nSPS) is 28.4. The number of nitrogens with one attached hydrogen (secondary N) is 1. The summed E-state index contributed by atoms with van der Waals surface area (Å²) in [4.78, 5) is 27.0. The van der Waals surface area contributed by atoms with Gasteiger partial charge in [0, 0.05) is 25.6 Å². The van der Waals surface area contributed by atoms with Crippen molar-refractivity contribution in [3.8, 4) is 0 Å². The summed E-state index contributed by atoms with van der Waals surface area (Å²) in [5, 5.41) is 13.6. The van der Waals surface area contributed by atoms with Crippen LogP contribution < -0.4 is 5.32 Å². The number of piperidine rings is 1. The Morgan fingerprint density at radius 1 is 1.04 bits per heavy atom. The van der Waals surface area contributed by atoms with Gasteiger partial charge in [0.25, 0.3) is 0 Å². The van der Waals surface area contributed by atoms with Crippen LogP contribution in [-0.2, 0) is 9.59 Å². The molecule has 2 N–H and O–H groups in total. The predicted molar refractivity (Wildman–Crippen MR) is 97.0 cm³/mol. The first kappa shape index (κ1) is 18.7. The van der Waals surface area contributed by atoms with E-state index >= 15 is 0 Å². The van der Waals surface area contributed by atoms with Crippen molar-refractivity contribution in [1.29, 1.82) is 0 Å². The number of hydrogen-bond donors (Lipinski definition) is 2. The number of hydrogen-bond acceptors (Lipinski definition) is 3. The van der Waals surface area contributed by atoms with Crippen LogP contribution in [0, 0.1) is 5.92 Å². The lowest BCUT2D eigenvalue weighted by Gasteiger charge is -2.38. The second-order valence-electron chi connectivity index (χ2n) is 8.43. The second-order valence-corrected chi connectivity index (χ2v) is 8.43. The van der Waals surface area contributed by atoms with E-state index in [-0.39, 0.29) is 17.7 Å². The zero-order chi connectivity index (χ0) is 17.7. The van der Waals surface area contributed by atoms with E-state index in [4.69, 9.17) is 0 Å². The van der Waals surface area contributed by atoms with Crippen LogP contribution in [0.15, 0.2) is 0 Å². The molecule has 1 aliphatic heterocycles. The third kappa shape index (κ3) is 4.96. The second kappa shape index (κ2) is 8.52. The molecule has 0 aromatic carbocycles. The predicted octanol–water partition coefficient (Wildman–Crippen LogP) is 2.76. The van der Waals surface area contributed by atoms with Gasteiger partial charge in [-0.05, 0) is 32.1 Å². The van der Waals surface area contributed by atoms with Crippen LogP contribution in [0.3, 0.4) is 0 Å². The highest BCUT2D eigenvalue weighted by molar-refractivity contribution is 5.84. The van der Waals surface area contributed by atoms with E-state index in [0.717, 1.165) is 38.5 Å². The third-order valence-corrected chi connectivity index (χ3v) is 6.46. The van der Waals surface area contributed by atoms with E-state index in [1.54, 1.807) is 0 Å². The summed E-state index contributed by atoms with van der Waals surface area (Å²) in [5.74, 6) is 0.125. The lowest BCUT2D eigenvalue weighted by atomic mass is 9.84.